The lowest BCUT2D eigenvalue weighted by Gasteiger charge is -2.10. The molecule has 0 unspecified atom stereocenters. The second-order valence-corrected chi connectivity index (χ2v) is 7.43. The molecule has 0 bridgehead atoms. The molecular formula is C18H14ClN3O4S. The fourth-order valence-corrected chi connectivity index (χ4v) is 3.29. The van der Waals surface area contributed by atoms with E-state index >= 15 is 0 Å². The van der Waals surface area contributed by atoms with Gasteiger partial charge in [0.15, 0.2) is 11.5 Å². The Labute approximate surface area is 164 Å². The van der Waals surface area contributed by atoms with Crippen molar-refractivity contribution in [2.24, 2.45) is 0 Å². The van der Waals surface area contributed by atoms with E-state index in [1.54, 1.807) is 43.3 Å². The molecule has 0 radical (unpaired) electrons. The number of benzene rings is 2. The lowest BCUT2D eigenvalue weighted by Crippen LogP contribution is -2.22. The maximum absolute atomic E-state index is 12.4. The summed E-state index contributed by atoms with van der Waals surface area (Å²) in [5.74, 6) is 1.43. The highest BCUT2D eigenvalue weighted by Gasteiger charge is 2.20. The normalized spacial score (nSPS) is 13.4. The molecule has 3 aromatic rings. The molecule has 138 valence electrons. The molecule has 0 saturated carbocycles. The first-order chi connectivity index (χ1) is 13.1. The summed E-state index contributed by atoms with van der Waals surface area (Å²) in [5.41, 5.74) is 1.35. The number of amides is 1. The van der Waals surface area contributed by atoms with Crippen LogP contribution in [-0.4, -0.2) is 28.1 Å². The van der Waals surface area contributed by atoms with Crippen LogP contribution in [-0.2, 0) is 4.79 Å². The number of anilines is 1. The van der Waals surface area contributed by atoms with Crippen molar-refractivity contribution < 1.29 is 18.7 Å². The highest BCUT2D eigenvalue weighted by atomic mass is 35.5. The number of rotatable bonds is 5. The van der Waals surface area contributed by atoms with Gasteiger partial charge in [-0.05, 0) is 37.3 Å². The smallest absolute Gasteiger partial charge is 0.277 e. The van der Waals surface area contributed by atoms with Crippen LogP contribution in [0.1, 0.15) is 6.92 Å². The van der Waals surface area contributed by atoms with Crippen LogP contribution in [0.3, 0.4) is 0 Å². The summed E-state index contributed by atoms with van der Waals surface area (Å²) < 4.78 is 16.2. The number of nitrogens with zero attached hydrogens (tertiary/aromatic N) is 2. The number of halogens is 1. The van der Waals surface area contributed by atoms with Crippen LogP contribution in [0.4, 0.5) is 5.69 Å². The topological polar surface area (TPSA) is 86.5 Å². The van der Waals surface area contributed by atoms with Crippen molar-refractivity contribution in [3.63, 3.8) is 0 Å². The molecule has 1 aliphatic heterocycles. The summed E-state index contributed by atoms with van der Waals surface area (Å²) >= 11 is 7.15. The number of nitrogens with one attached hydrogen (secondary N) is 1. The van der Waals surface area contributed by atoms with E-state index in [1.807, 2.05) is 6.07 Å². The second kappa shape index (κ2) is 7.50. The third-order valence-electron chi connectivity index (χ3n) is 3.76. The van der Waals surface area contributed by atoms with Gasteiger partial charge in [0, 0.05) is 22.3 Å². The van der Waals surface area contributed by atoms with Crippen molar-refractivity contribution >= 4 is 35.0 Å². The van der Waals surface area contributed by atoms with Crippen LogP contribution in [0, 0.1) is 0 Å². The zero-order chi connectivity index (χ0) is 18.8. The number of ether oxygens (including phenoxy) is 2. The average molecular weight is 404 g/mol. The summed E-state index contributed by atoms with van der Waals surface area (Å²) in [4.78, 5) is 12.4. The Balaban J connectivity index is 1.40. The van der Waals surface area contributed by atoms with Crippen LogP contribution in [0.25, 0.3) is 11.5 Å². The Morgan fingerprint density at radius 3 is 2.89 bits per heavy atom. The first kappa shape index (κ1) is 17.7. The zero-order valence-corrected chi connectivity index (χ0v) is 15.7. The van der Waals surface area contributed by atoms with Crippen LogP contribution in [0.5, 0.6) is 11.5 Å². The third-order valence-corrected chi connectivity index (χ3v) is 4.93. The van der Waals surface area contributed by atoms with Crippen molar-refractivity contribution in [3.05, 3.63) is 47.5 Å². The van der Waals surface area contributed by atoms with Crippen molar-refractivity contribution in [1.29, 1.82) is 0 Å². The molecule has 1 amide bonds. The Hall–Kier alpha value is -2.71. The van der Waals surface area contributed by atoms with Gasteiger partial charge < -0.3 is 19.2 Å². The van der Waals surface area contributed by atoms with Gasteiger partial charge in [-0.2, -0.15) is 0 Å². The number of hydrogen-bond donors (Lipinski definition) is 1. The van der Waals surface area contributed by atoms with Gasteiger partial charge in [0.2, 0.25) is 18.6 Å². The summed E-state index contributed by atoms with van der Waals surface area (Å²) in [6.45, 7) is 1.95. The largest absolute Gasteiger partial charge is 0.454 e. The second-order valence-electron chi connectivity index (χ2n) is 5.70. The number of fused-ring (bicyclic) bond motifs is 1. The number of carbonyl (C=O) groups excluding carboxylic acids is 1. The van der Waals surface area contributed by atoms with E-state index in [2.05, 4.69) is 15.5 Å². The van der Waals surface area contributed by atoms with Gasteiger partial charge in [-0.3, -0.25) is 4.79 Å². The van der Waals surface area contributed by atoms with Crippen LogP contribution < -0.4 is 14.8 Å². The highest BCUT2D eigenvalue weighted by molar-refractivity contribution is 8.00. The molecule has 0 fully saturated rings. The van der Waals surface area contributed by atoms with E-state index < -0.39 is 5.25 Å². The quantitative estimate of drug-likeness (QED) is 0.637. The number of thioether (sulfide) groups is 1. The molecule has 2 heterocycles. The standard InChI is InChI=1S/C18H14ClN3O4S/c1-10(16(23)20-13-5-6-14-15(8-13)25-9-24-14)27-18-22-21-17(26-18)11-3-2-4-12(19)7-11/h2-8,10H,9H2,1H3,(H,20,23)/t10-/m0/s1. The SMILES string of the molecule is C[C@H](Sc1nnc(-c2cccc(Cl)c2)o1)C(=O)Nc1ccc2c(c1)OCO2. The minimum absolute atomic E-state index is 0.186. The number of carbonyl (C=O) groups is 1. The lowest BCUT2D eigenvalue weighted by molar-refractivity contribution is -0.115. The van der Waals surface area contributed by atoms with E-state index in [4.69, 9.17) is 25.5 Å². The van der Waals surface area contributed by atoms with Gasteiger partial charge in [-0.15, -0.1) is 10.2 Å². The van der Waals surface area contributed by atoms with Crippen LogP contribution in [0.15, 0.2) is 52.1 Å². The maximum Gasteiger partial charge on any atom is 0.277 e. The number of aromatic nitrogens is 2. The monoisotopic (exact) mass is 403 g/mol. The molecule has 2 aromatic carbocycles. The third kappa shape index (κ3) is 4.01. The average Bonchev–Trinajstić information content (AvgIpc) is 3.30. The Bertz CT molecular complexity index is 994. The molecular weight excluding hydrogens is 390 g/mol. The van der Waals surface area contributed by atoms with Gasteiger partial charge in [-0.25, -0.2) is 0 Å². The molecule has 7 nitrogen and oxygen atoms in total. The van der Waals surface area contributed by atoms with Gasteiger partial charge in [0.05, 0.1) is 5.25 Å². The lowest BCUT2D eigenvalue weighted by atomic mass is 10.2. The van der Waals surface area contributed by atoms with E-state index in [9.17, 15) is 4.79 Å². The summed E-state index contributed by atoms with van der Waals surface area (Å²) in [5, 5.41) is 11.3. The minimum Gasteiger partial charge on any atom is -0.454 e. The first-order valence-corrected chi connectivity index (χ1v) is 9.31. The molecule has 1 N–H and O–H groups in total. The molecule has 27 heavy (non-hydrogen) atoms. The molecule has 9 heteroatoms. The zero-order valence-electron chi connectivity index (χ0n) is 14.1. The summed E-state index contributed by atoms with van der Waals surface area (Å²) in [7, 11) is 0. The van der Waals surface area contributed by atoms with Crippen molar-refractivity contribution in [1.82, 2.24) is 10.2 Å². The van der Waals surface area contributed by atoms with E-state index in [0.717, 1.165) is 5.56 Å². The maximum atomic E-state index is 12.4. The van der Waals surface area contributed by atoms with Crippen molar-refractivity contribution in [3.8, 4) is 23.0 Å². The molecule has 0 aliphatic carbocycles. The molecule has 0 saturated heterocycles. The van der Waals surface area contributed by atoms with Crippen molar-refractivity contribution in [2.75, 3.05) is 12.1 Å². The Morgan fingerprint density at radius 2 is 2.04 bits per heavy atom. The van der Waals surface area contributed by atoms with E-state index in [1.165, 1.54) is 11.8 Å². The fraction of sp³-hybridized carbons (Fsp3) is 0.167. The predicted octanol–water partition coefficient (Wildman–Crippen LogP) is 4.24. The Kier molecular flexibility index (Phi) is 4.91. The first-order valence-electron chi connectivity index (χ1n) is 8.05. The van der Waals surface area contributed by atoms with Gasteiger partial charge in [0.25, 0.3) is 5.22 Å². The van der Waals surface area contributed by atoms with Gasteiger partial charge >= 0.3 is 0 Å². The van der Waals surface area contributed by atoms with Crippen LogP contribution in [0.2, 0.25) is 5.02 Å². The van der Waals surface area contributed by atoms with Crippen LogP contribution >= 0.6 is 23.4 Å². The summed E-state index contributed by atoms with van der Waals surface area (Å²) in [6, 6.07) is 12.4. The minimum atomic E-state index is -0.442. The van der Waals surface area contributed by atoms with Gasteiger partial charge in [0.1, 0.15) is 0 Å². The molecule has 1 aliphatic rings. The predicted molar refractivity (Wildman–Crippen MR) is 101 cm³/mol. The number of hydrogen-bond acceptors (Lipinski definition) is 7. The Morgan fingerprint density at radius 1 is 1.19 bits per heavy atom. The molecule has 1 aromatic heterocycles. The van der Waals surface area contributed by atoms with E-state index in [-0.39, 0.29) is 12.7 Å². The van der Waals surface area contributed by atoms with E-state index in [0.29, 0.717) is 33.3 Å². The van der Waals surface area contributed by atoms with Crippen molar-refractivity contribution in [2.45, 2.75) is 17.4 Å². The summed E-state index contributed by atoms with van der Waals surface area (Å²) in [6.07, 6.45) is 0. The molecule has 0 spiro atoms. The fourth-order valence-electron chi connectivity index (χ4n) is 2.42. The highest BCUT2D eigenvalue weighted by Crippen LogP contribution is 2.34. The van der Waals surface area contributed by atoms with Gasteiger partial charge in [-0.1, -0.05) is 29.4 Å². The molecule has 4 rings (SSSR count). The molecule has 1 atom stereocenters.